The highest BCUT2D eigenvalue weighted by Gasteiger charge is 2.23. The van der Waals surface area contributed by atoms with Crippen LogP contribution in [-0.4, -0.2) is 49.8 Å². The van der Waals surface area contributed by atoms with Gasteiger partial charge in [-0.25, -0.2) is 0 Å². The molecule has 1 aromatic carbocycles. The van der Waals surface area contributed by atoms with Crippen LogP contribution < -0.4 is 15.8 Å². The number of carbonyl (C=O) groups is 1. The highest BCUT2D eigenvalue weighted by Crippen LogP contribution is 2.26. The van der Waals surface area contributed by atoms with E-state index in [0.717, 1.165) is 13.1 Å². The fourth-order valence-electron chi connectivity index (χ4n) is 2.62. The molecule has 1 amide bonds. The molecule has 2 unspecified atom stereocenters. The van der Waals surface area contributed by atoms with Crippen molar-refractivity contribution in [3.05, 3.63) is 18.2 Å². The van der Waals surface area contributed by atoms with E-state index in [1.165, 1.54) is 0 Å². The zero-order chi connectivity index (χ0) is 15.4. The molecular weight excluding hydrogens is 270 g/mol. The number of rotatable bonds is 4. The number of nitrogens with two attached hydrogens (primary N) is 1. The normalized spacial score (nSPS) is 22.8. The summed E-state index contributed by atoms with van der Waals surface area (Å²) >= 11 is 0. The molecule has 6 nitrogen and oxygen atoms in total. The zero-order valence-corrected chi connectivity index (χ0v) is 12.8. The zero-order valence-electron chi connectivity index (χ0n) is 12.8. The molecule has 0 aromatic heterocycles. The van der Waals surface area contributed by atoms with Gasteiger partial charge in [-0.1, -0.05) is 0 Å². The highest BCUT2D eigenvalue weighted by atomic mass is 16.5. The second kappa shape index (κ2) is 6.78. The molecule has 0 saturated carbocycles. The van der Waals surface area contributed by atoms with Crippen molar-refractivity contribution in [2.75, 3.05) is 37.8 Å². The molecule has 0 spiro atoms. The Morgan fingerprint density at radius 3 is 2.71 bits per heavy atom. The second-order valence-corrected chi connectivity index (χ2v) is 5.46. The number of amides is 1. The van der Waals surface area contributed by atoms with E-state index in [-0.39, 0.29) is 18.1 Å². The van der Waals surface area contributed by atoms with Gasteiger partial charge in [0.1, 0.15) is 5.75 Å². The smallest absolute Gasteiger partial charge is 0.238 e. The van der Waals surface area contributed by atoms with E-state index in [9.17, 15) is 4.79 Å². The van der Waals surface area contributed by atoms with Gasteiger partial charge < -0.3 is 20.5 Å². The highest BCUT2D eigenvalue weighted by molar-refractivity contribution is 5.94. The van der Waals surface area contributed by atoms with E-state index in [4.69, 9.17) is 15.2 Å². The summed E-state index contributed by atoms with van der Waals surface area (Å²) < 4.78 is 10.9. The minimum atomic E-state index is -0.0700. The van der Waals surface area contributed by atoms with Crippen molar-refractivity contribution >= 4 is 17.3 Å². The molecule has 1 saturated heterocycles. The number of benzene rings is 1. The molecule has 21 heavy (non-hydrogen) atoms. The number of morpholine rings is 1. The molecule has 1 heterocycles. The van der Waals surface area contributed by atoms with E-state index >= 15 is 0 Å². The van der Waals surface area contributed by atoms with Crippen molar-refractivity contribution < 1.29 is 14.3 Å². The quantitative estimate of drug-likeness (QED) is 0.819. The molecule has 1 aliphatic heterocycles. The van der Waals surface area contributed by atoms with Gasteiger partial charge in [0.15, 0.2) is 0 Å². The van der Waals surface area contributed by atoms with Crippen LogP contribution in [0.25, 0.3) is 0 Å². The molecule has 1 aliphatic rings. The van der Waals surface area contributed by atoms with Gasteiger partial charge in [-0.3, -0.25) is 9.69 Å². The van der Waals surface area contributed by atoms with Gasteiger partial charge >= 0.3 is 0 Å². The first-order valence-electron chi connectivity index (χ1n) is 7.09. The SMILES string of the molecule is COc1cc(N)ccc1NC(=O)CN1CC(C)OC(C)C1. The van der Waals surface area contributed by atoms with E-state index in [0.29, 0.717) is 23.7 Å². The number of methoxy groups -OCH3 is 1. The lowest BCUT2D eigenvalue weighted by Gasteiger charge is -2.34. The van der Waals surface area contributed by atoms with E-state index < -0.39 is 0 Å². The monoisotopic (exact) mass is 293 g/mol. The van der Waals surface area contributed by atoms with Gasteiger partial charge in [-0.2, -0.15) is 0 Å². The van der Waals surface area contributed by atoms with Gasteiger partial charge in [0.2, 0.25) is 5.91 Å². The Hall–Kier alpha value is -1.79. The van der Waals surface area contributed by atoms with E-state index in [1.54, 1.807) is 25.3 Å². The Kier molecular flexibility index (Phi) is 5.03. The molecule has 6 heteroatoms. The Balaban J connectivity index is 1.95. The first kappa shape index (κ1) is 15.6. The maximum absolute atomic E-state index is 12.2. The minimum absolute atomic E-state index is 0.0700. The first-order valence-corrected chi connectivity index (χ1v) is 7.09. The van der Waals surface area contributed by atoms with Crippen LogP contribution in [0.4, 0.5) is 11.4 Å². The van der Waals surface area contributed by atoms with Crippen LogP contribution in [0, 0.1) is 0 Å². The summed E-state index contributed by atoms with van der Waals surface area (Å²) in [5, 5.41) is 2.86. The van der Waals surface area contributed by atoms with Crippen molar-refractivity contribution in [3.63, 3.8) is 0 Å². The third-order valence-corrected chi connectivity index (χ3v) is 3.36. The number of hydrogen-bond donors (Lipinski definition) is 2. The molecule has 0 radical (unpaired) electrons. The lowest BCUT2D eigenvalue weighted by atomic mass is 10.2. The maximum Gasteiger partial charge on any atom is 0.238 e. The van der Waals surface area contributed by atoms with Gasteiger partial charge in [-0.15, -0.1) is 0 Å². The Labute approximate surface area is 125 Å². The maximum atomic E-state index is 12.2. The third kappa shape index (κ3) is 4.34. The largest absolute Gasteiger partial charge is 0.494 e. The Morgan fingerprint density at radius 1 is 1.43 bits per heavy atom. The number of carbonyl (C=O) groups excluding carboxylic acids is 1. The lowest BCUT2D eigenvalue weighted by molar-refractivity contribution is -0.121. The van der Waals surface area contributed by atoms with Crippen molar-refractivity contribution in [1.82, 2.24) is 4.90 Å². The van der Waals surface area contributed by atoms with Gasteiger partial charge in [-0.05, 0) is 26.0 Å². The van der Waals surface area contributed by atoms with Gasteiger partial charge in [0.05, 0.1) is 31.5 Å². The van der Waals surface area contributed by atoms with Crippen molar-refractivity contribution in [2.45, 2.75) is 26.1 Å². The number of hydrogen-bond acceptors (Lipinski definition) is 5. The molecule has 2 rings (SSSR count). The minimum Gasteiger partial charge on any atom is -0.494 e. The summed E-state index contributed by atoms with van der Waals surface area (Å²) in [6.07, 6.45) is 0.292. The fraction of sp³-hybridized carbons (Fsp3) is 0.533. The van der Waals surface area contributed by atoms with Crippen LogP contribution >= 0.6 is 0 Å². The molecule has 0 aliphatic carbocycles. The summed E-state index contributed by atoms with van der Waals surface area (Å²) in [6.45, 7) is 5.89. The van der Waals surface area contributed by atoms with Crippen molar-refractivity contribution in [3.8, 4) is 5.75 Å². The molecule has 2 atom stereocenters. The molecule has 116 valence electrons. The van der Waals surface area contributed by atoms with Crippen LogP contribution in [0.2, 0.25) is 0 Å². The molecule has 1 fully saturated rings. The summed E-state index contributed by atoms with van der Waals surface area (Å²) in [4.78, 5) is 14.3. The van der Waals surface area contributed by atoms with Crippen molar-refractivity contribution in [2.24, 2.45) is 0 Å². The van der Waals surface area contributed by atoms with E-state index in [2.05, 4.69) is 10.2 Å². The molecular formula is C15H23N3O3. The topological polar surface area (TPSA) is 76.8 Å². The molecule has 3 N–H and O–H groups in total. The summed E-state index contributed by atoms with van der Waals surface area (Å²) in [5.74, 6) is 0.492. The summed E-state index contributed by atoms with van der Waals surface area (Å²) in [7, 11) is 1.55. The van der Waals surface area contributed by atoms with Gasteiger partial charge in [0, 0.05) is 24.8 Å². The number of ether oxygens (including phenoxy) is 2. The van der Waals surface area contributed by atoms with Crippen LogP contribution in [0.1, 0.15) is 13.8 Å². The van der Waals surface area contributed by atoms with Crippen LogP contribution in [-0.2, 0) is 9.53 Å². The standard InChI is InChI=1S/C15H23N3O3/c1-10-7-18(8-11(2)21-10)9-15(19)17-13-5-4-12(16)6-14(13)20-3/h4-6,10-11H,7-9,16H2,1-3H3,(H,17,19). The predicted octanol–water partition coefficient (Wildman–Crippen LogP) is 1.33. The number of nitrogens with one attached hydrogen (secondary N) is 1. The van der Waals surface area contributed by atoms with Crippen molar-refractivity contribution in [1.29, 1.82) is 0 Å². The lowest BCUT2D eigenvalue weighted by Crippen LogP contribution is -2.48. The summed E-state index contributed by atoms with van der Waals surface area (Å²) in [6, 6.07) is 5.17. The number of nitrogen functional groups attached to an aromatic ring is 1. The Bertz CT molecular complexity index is 497. The van der Waals surface area contributed by atoms with Gasteiger partial charge in [0.25, 0.3) is 0 Å². The Morgan fingerprint density at radius 2 is 2.10 bits per heavy atom. The van der Waals surface area contributed by atoms with Crippen LogP contribution in [0.5, 0.6) is 5.75 Å². The molecule has 1 aromatic rings. The van der Waals surface area contributed by atoms with E-state index in [1.807, 2.05) is 13.8 Å². The fourth-order valence-corrected chi connectivity index (χ4v) is 2.62. The molecule has 0 bridgehead atoms. The number of nitrogens with zero attached hydrogens (tertiary/aromatic N) is 1. The predicted molar refractivity (Wildman–Crippen MR) is 82.5 cm³/mol. The van der Waals surface area contributed by atoms with Crippen LogP contribution in [0.3, 0.4) is 0 Å². The average Bonchev–Trinajstić information content (AvgIpc) is 2.39. The first-order chi connectivity index (χ1) is 9.97. The van der Waals surface area contributed by atoms with Crippen LogP contribution in [0.15, 0.2) is 18.2 Å². The third-order valence-electron chi connectivity index (χ3n) is 3.36. The number of anilines is 2. The summed E-state index contributed by atoms with van der Waals surface area (Å²) in [5.41, 5.74) is 6.93. The average molecular weight is 293 g/mol. The second-order valence-electron chi connectivity index (χ2n) is 5.46.